The van der Waals surface area contributed by atoms with Gasteiger partial charge in [0.1, 0.15) is 11.9 Å². The van der Waals surface area contributed by atoms with E-state index in [4.69, 9.17) is 16.3 Å². The maximum Gasteiger partial charge on any atom is 0.410 e. The predicted octanol–water partition coefficient (Wildman–Crippen LogP) is 4.29. The minimum atomic E-state index is -0.351. The Hall–Kier alpha value is -2.61. The van der Waals surface area contributed by atoms with Crippen LogP contribution in [-0.4, -0.2) is 55.8 Å². The van der Waals surface area contributed by atoms with Crippen LogP contribution < -0.4 is 0 Å². The molecule has 1 aromatic heterocycles. The van der Waals surface area contributed by atoms with Gasteiger partial charge in [0, 0.05) is 35.4 Å². The van der Waals surface area contributed by atoms with Crippen LogP contribution in [0.1, 0.15) is 69.1 Å². The van der Waals surface area contributed by atoms with E-state index in [1.165, 1.54) is 0 Å². The summed E-state index contributed by atoms with van der Waals surface area (Å²) >= 11 is 6.33. The van der Waals surface area contributed by atoms with E-state index >= 15 is 0 Å². The van der Waals surface area contributed by atoms with Gasteiger partial charge in [0.25, 0.3) is 0 Å². The molecule has 4 aliphatic rings. The summed E-state index contributed by atoms with van der Waals surface area (Å²) < 4.78 is 7.72. The molecule has 180 valence electrons. The zero-order chi connectivity index (χ0) is 23.6. The number of hydrogen-bond acceptors (Lipinski definition) is 5. The smallest absolute Gasteiger partial charge is 0.410 e. The number of ether oxygens (including phenoxy) is 1. The first kappa shape index (κ1) is 21.9. The number of carbonyl (C=O) groups is 2. The Balaban J connectivity index is 1.24. The normalized spacial score (nSPS) is 21.7. The van der Waals surface area contributed by atoms with Gasteiger partial charge >= 0.3 is 6.09 Å². The van der Waals surface area contributed by atoms with Gasteiger partial charge in [-0.1, -0.05) is 18.5 Å². The van der Waals surface area contributed by atoms with Crippen LogP contribution in [-0.2, 0) is 22.6 Å². The fourth-order valence-corrected chi connectivity index (χ4v) is 5.88. The second kappa shape index (κ2) is 7.97. The highest BCUT2D eigenvalue weighted by Gasteiger charge is 2.56. The standard InChI is InChI=1S/C25H30ClN5O3/c1-3-15(2)34-24(33)29-11-17-8-19(26)6-7-20(17)31-21(12-29)27-28-22(31)18-9-25(10-18)13-30(14-25)23(32)16-4-5-16/h6-8,15-16,18H,3-5,9-14H2,1-2H3/t15-/m0/s1. The van der Waals surface area contributed by atoms with Crippen molar-refractivity contribution in [3.63, 3.8) is 0 Å². The van der Waals surface area contributed by atoms with Gasteiger partial charge in [-0.15, -0.1) is 10.2 Å². The summed E-state index contributed by atoms with van der Waals surface area (Å²) in [5.74, 6) is 2.60. The molecule has 0 radical (unpaired) electrons. The lowest BCUT2D eigenvalue weighted by Crippen LogP contribution is -2.63. The van der Waals surface area contributed by atoms with Crippen molar-refractivity contribution in [2.45, 2.75) is 71.1 Å². The number of rotatable bonds is 4. The van der Waals surface area contributed by atoms with E-state index in [2.05, 4.69) is 14.8 Å². The Morgan fingerprint density at radius 3 is 2.65 bits per heavy atom. The molecule has 9 heteroatoms. The van der Waals surface area contributed by atoms with Crippen molar-refractivity contribution >= 4 is 23.6 Å². The lowest BCUT2D eigenvalue weighted by Gasteiger charge is -2.58. The summed E-state index contributed by atoms with van der Waals surface area (Å²) in [4.78, 5) is 28.9. The van der Waals surface area contributed by atoms with Gasteiger partial charge in [-0.05, 0) is 62.8 Å². The molecule has 1 atom stereocenters. The summed E-state index contributed by atoms with van der Waals surface area (Å²) in [6, 6.07) is 5.77. The molecule has 8 nitrogen and oxygen atoms in total. The summed E-state index contributed by atoms with van der Waals surface area (Å²) in [6.07, 6.45) is 4.41. The fourth-order valence-electron chi connectivity index (χ4n) is 5.68. The average molecular weight is 484 g/mol. The molecule has 34 heavy (non-hydrogen) atoms. The van der Waals surface area contributed by atoms with Crippen LogP contribution in [0.2, 0.25) is 5.02 Å². The Bertz CT molecular complexity index is 1150. The van der Waals surface area contributed by atoms with Crippen molar-refractivity contribution in [2.24, 2.45) is 11.3 Å². The van der Waals surface area contributed by atoms with Crippen LogP contribution >= 0.6 is 11.6 Å². The lowest BCUT2D eigenvalue weighted by molar-refractivity contribution is -0.153. The van der Waals surface area contributed by atoms with Crippen LogP contribution in [0.5, 0.6) is 0 Å². The van der Waals surface area contributed by atoms with Gasteiger partial charge in [0.15, 0.2) is 5.82 Å². The number of amides is 2. The average Bonchev–Trinajstić information content (AvgIpc) is 3.55. The Kier molecular flexibility index (Phi) is 5.13. The van der Waals surface area contributed by atoms with Gasteiger partial charge < -0.3 is 9.64 Å². The van der Waals surface area contributed by atoms with Crippen molar-refractivity contribution in [1.29, 1.82) is 0 Å². The molecule has 2 aromatic rings. The Morgan fingerprint density at radius 2 is 1.94 bits per heavy atom. The quantitative estimate of drug-likeness (QED) is 0.648. The Morgan fingerprint density at radius 1 is 1.18 bits per heavy atom. The van der Waals surface area contributed by atoms with E-state index in [0.29, 0.717) is 35.9 Å². The molecule has 2 aliphatic carbocycles. The molecule has 0 bridgehead atoms. The van der Waals surface area contributed by atoms with E-state index < -0.39 is 0 Å². The van der Waals surface area contributed by atoms with Crippen LogP contribution in [0, 0.1) is 11.3 Å². The molecular weight excluding hydrogens is 454 g/mol. The van der Waals surface area contributed by atoms with Crippen molar-refractivity contribution in [3.05, 3.63) is 40.4 Å². The predicted molar refractivity (Wildman–Crippen MR) is 126 cm³/mol. The number of aromatic nitrogens is 3. The van der Waals surface area contributed by atoms with Crippen LogP contribution in [0.15, 0.2) is 18.2 Å². The zero-order valence-electron chi connectivity index (χ0n) is 19.7. The van der Waals surface area contributed by atoms with Gasteiger partial charge in [-0.25, -0.2) is 4.79 Å². The van der Waals surface area contributed by atoms with Gasteiger partial charge in [0.05, 0.1) is 18.8 Å². The monoisotopic (exact) mass is 483 g/mol. The SMILES string of the molecule is CC[C@H](C)OC(=O)N1Cc2cc(Cl)ccc2-n2c(nnc2C2CC3(C2)CN(C(=O)C2CC2)C3)C1. The van der Waals surface area contributed by atoms with Crippen molar-refractivity contribution in [3.8, 4) is 5.69 Å². The molecule has 2 aliphatic heterocycles. The van der Waals surface area contributed by atoms with Crippen molar-refractivity contribution in [1.82, 2.24) is 24.6 Å². The van der Waals surface area contributed by atoms with E-state index in [9.17, 15) is 9.59 Å². The fraction of sp³-hybridized carbons (Fsp3) is 0.600. The third-order valence-corrected chi connectivity index (χ3v) is 8.12. The van der Waals surface area contributed by atoms with Gasteiger partial charge in [-0.3, -0.25) is 14.3 Å². The molecule has 1 spiro atoms. The summed E-state index contributed by atoms with van der Waals surface area (Å²) in [5, 5.41) is 9.72. The molecule has 3 heterocycles. The summed E-state index contributed by atoms with van der Waals surface area (Å²) in [7, 11) is 0. The summed E-state index contributed by atoms with van der Waals surface area (Å²) in [6.45, 7) is 6.37. The second-order valence-electron chi connectivity index (χ2n) is 10.6. The maximum absolute atomic E-state index is 12.9. The molecule has 0 unspecified atom stereocenters. The molecule has 6 rings (SSSR count). The summed E-state index contributed by atoms with van der Waals surface area (Å²) in [5.41, 5.74) is 2.16. The highest BCUT2D eigenvalue weighted by molar-refractivity contribution is 6.30. The Labute approximate surface area is 204 Å². The number of nitrogens with zero attached hydrogens (tertiary/aromatic N) is 5. The molecule has 1 saturated heterocycles. The number of likely N-dealkylation sites (tertiary alicyclic amines) is 1. The maximum atomic E-state index is 12.9. The largest absolute Gasteiger partial charge is 0.446 e. The molecule has 0 N–H and O–H groups in total. The van der Waals surface area contributed by atoms with Crippen molar-refractivity contribution in [2.75, 3.05) is 13.1 Å². The van der Waals surface area contributed by atoms with Crippen LogP contribution in [0.25, 0.3) is 5.69 Å². The molecular formula is C25H30ClN5O3. The first-order chi connectivity index (χ1) is 16.4. The van der Waals surface area contributed by atoms with E-state index in [1.807, 2.05) is 36.9 Å². The highest BCUT2D eigenvalue weighted by Crippen LogP contribution is 2.56. The first-order valence-electron chi connectivity index (χ1n) is 12.3. The van der Waals surface area contributed by atoms with Crippen molar-refractivity contribution < 1.29 is 14.3 Å². The van der Waals surface area contributed by atoms with E-state index in [0.717, 1.165) is 68.1 Å². The lowest BCUT2D eigenvalue weighted by atomic mass is 9.57. The third kappa shape index (κ3) is 3.67. The first-order valence-corrected chi connectivity index (χ1v) is 12.7. The third-order valence-electron chi connectivity index (χ3n) is 7.88. The van der Waals surface area contributed by atoms with Gasteiger partial charge in [-0.2, -0.15) is 0 Å². The second-order valence-corrected chi connectivity index (χ2v) is 11.1. The van der Waals surface area contributed by atoms with Gasteiger partial charge in [0.2, 0.25) is 5.91 Å². The zero-order valence-corrected chi connectivity index (χ0v) is 20.4. The topological polar surface area (TPSA) is 80.6 Å². The van der Waals surface area contributed by atoms with Crippen LogP contribution in [0.3, 0.4) is 0 Å². The van der Waals surface area contributed by atoms with E-state index in [1.54, 1.807) is 4.90 Å². The van der Waals surface area contributed by atoms with E-state index in [-0.39, 0.29) is 17.6 Å². The minimum absolute atomic E-state index is 0.150. The molecule has 1 aromatic carbocycles. The van der Waals surface area contributed by atoms with Crippen LogP contribution in [0.4, 0.5) is 4.79 Å². The number of benzene rings is 1. The number of fused-ring (bicyclic) bond motifs is 3. The minimum Gasteiger partial charge on any atom is -0.446 e. The number of halogens is 1. The number of hydrogen-bond donors (Lipinski definition) is 0. The number of carbonyl (C=O) groups excluding carboxylic acids is 2. The highest BCUT2D eigenvalue weighted by atomic mass is 35.5. The molecule has 3 fully saturated rings. The molecule has 2 saturated carbocycles. The molecule has 2 amide bonds.